The number of nitrogens with two attached hydrogens (primary N) is 1. The van der Waals surface area contributed by atoms with E-state index in [0.29, 0.717) is 36.5 Å². The zero-order valence-corrected chi connectivity index (χ0v) is 21.5. The third kappa shape index (κ3) is 8.49. The maximum Gasteiger partial charge on any atom is 0.251 e. The van der Waals surface area contributed by atoms with Crippen LogP contribution in [0.25, 0.3) is 0 Å². The number of hydrogen-bond donors (Lipinski definition) is 3. The molecule has 1 fully saturated rings. The summed E-state index contributed by atoms with van der Waals surface area (Å²) in [7, 11) is 1.48. The van der Waals surface area contributed by atoms with Crippen molar-refractivity contribution in [3.8, 4) is 5.75 Å². The number of nitrogens with zero attached hydrogens (tertiary/aromatic N) is 1. The van der Waals surface area contributed by atoms with Gasteiger partial charge in [-0.25, -0.2) is 0 Å². The first-order valence-corrected chi connectivity index (χ1v) is 12.0. The van der Waals surface area contributed by atoms with Gasteiger partial charge in [-0.1, -0.05) is 20.8 Å². The lowest BCUT2D eigenvalue weighted by Gasteiger charge is -2.34. The number of benzene rings is 1. The summed E-state index contributed by atoms with van der Waals surface area (Å²) in [6, 6.07) is 3.57. The molecule has 2 atom stereocenters. The minimum absolute atomic E-state index is 0.171. The van der Waals surface area contributed by atoms with E-state index in [9.17, 15) is 19.2 Å². The quantitative estimate of drug-likeness (QED) is 0.202. The highest BCUT2D eigenvalue weighted by atomic mass is 16.5. The Hall–Kier alpha value is -3.18. The van der Waals surface area contributed by atoms with Crippen LogP contribution in [-0.4, -0.2) is 87.6 Å². The third-order valence-corrected chi connectivity index (χ3v) is 5.79. The lowest BCUT2D eigenvalue weighted by atomic mass is 9.85. The summed E-state index contributed by atoms with van der Waals surface area (Å²) >= 11 is 0. The van der Waals surface area contributed by atoms with Gasteiger partial charge in [-0.05, 0) is 36.5 Å². The lowest BCUT2D eigenvalue weighted by molar-refractivity contribution is -0.142. The Morgan fingerprint density at radius 2 is 1.92 bits per heavy atom. The van der Waals surface area contributed by atoms with Gasteiger partial charge in [-0.2, -0.15) is 0 Å². The van der Waals surface area contributed by atoms with Gasteiger partial charge in [0.25, 0.3) is 5.91 Å². The molecule has 0 aliphatic carbocycles. The number of aldehydes is 1. The van der Waals surface area contributed by atoms with Crippen molar-refractivity contribution in [2.24, 2.45) is 5.41 Å². The summed E-state index contributed by atoms with van der Waals surface area (Å²) in [5.41, 5.74) is 6.09. The molecule has 0 spiro atoms. The van der Waals surface area contributed by atoms with Gasteiger partial charge in [0.2, 0.25) is 11.8 Å². The number of nitrogens with one attached hydrogen (secondary N) is 2. The normalized spacial score (nSPS) is 16.3. The highest BCUT2D eigenvalue weighted by Gasteiger charge is 2.39. The Morgan fingerprint density at radius 3 is 2.58 bits per heavy atom. The van der Waals surface area contributed by atoms with E-state index in [0.717, 1.165) is 12.7 Å². The summed E-state index contributed by atoms with van der Waals surface area (Å²) in [5, 5.41) is 5.49. The van der Waals surface area contributed by atoms with E-state index >= 15 is 0 Å². The number of likely N-dealkylation sites (tertiary alicyclic amines) is 1. The molecule has 3 amide bonds. The minimum atomic E-state index is -0.768. The van der Waals surface area contributed by atoms with Crippen LogP contribution in [0.15, 0.2) is 18.2 Å². The number of ether oxygens (including phenoxy) is 3. The number of hydrogen-bond acceptors (Lipinski definition) is 8. The number of nitrogen functional groups attached to an aromatic ring is 1. The van der Waals surface area contributed by atoms with Gasteiger partial charge >= 0.3 is 0 Å². The van der Waals surface area contributed by atoms with Gasteiger partial charge in [-0.3, -0.25) is 14.4 Å². The number of rotatable bonds is 13. The van der Waals surface area contributed by atoms with Crippen molar-refractivity contribution >= 4 is 29.7 Å². The van der Waals surface area contributed by atoms with Crippen LogP contribution in [0.3, 0.4) is 0 Å². The van der Waals surface area contributed by atoms with Crippen LogP contribution < -0.4 is 21.1 Å². The van der Waals surface area contributed by atoms with E-state index in [4.69, 9.17) is 19.9 Å². The van der Waals surface area contributed by atoms with Crippen molar-refractivity contribution in [3.05, 3.63) is 23.8 Å². The SMILES string of the molecule is COc1cc(C(=O)NCCOCCOCC(=O)NC(C(=O)N2CCC[C@H]2C=O)C(C)(C)C)ccc1N. The minimum Gasteiger partial charge on any atom is -0.495 e. The second-order valence-corrected chi connectivity index (χ2v) is 9.62. The van der Waals surface area contributed by atoms with E-state index < -0.39 is 23.4 Å². The first kappa shape index (κ1) is 29.1. The van der Waals surface area contributed by atoms with Crippen molar-refractivity contribution in [1.29, 1.82) is 0 Å². The van der Waals surface area contributed by atoms with E-state index in [1.165, 1.54) is 7.11 Å². The molecule has 2 rings (SSSR count). The molecule has 1 aromatic rings. The van der Waals surface area contributed by atoms with Crippen LogP contribution >= 0.6 is 0 Å². The summed E-state index contributed by atoms with van der Waals surface area (Å²) in [5.74, 6) is -0.523. The highest BCUT2D eigenvalue weighted by Crippen LogP contribution is 2.25. The lowest BCUT2D eigenvalue weighted by Crippen LogP contribution is -2.56. The monoisotopic (exact) mass is 506 g/mol. The molecule has 1 aliphatic rings. The molecule has 1 saturated heterocycles. The van der Waals surface area contributed by atoms with Gasteiger partial charge in [0.1, 0.15) is 24.7 Å². The summed E-state index contributed by atoms with van der Waals surface area (Å²) in [6.45, 7) is 6.82. The van der Waals surface area contributed by atoms with Gasteiger partial charge < -0.3 is 40.3 Å². The van der Waals surface area contributed by atoms with Crippen molar-refractivity contribution < 1.29 is 33.4 Å². The van der Waals surface area contributed by atoms with Gasteiger partial charge in [0.05, 0.1) is 38.7 Å². The number of amides is 3. The zero-order chi connectivity index (χ0) is 26.7. The van der Waals surface area contributed by atoms with E-state index in [1.54, 1.807) is 23.1 Å². The largest absolute Gasteiger partial charge is 0.495 e. The molecule has 1 aliphatic heterocycles. The molecule has 0 bridgehead atoms. The molecule has 11 nitrogen and oxygen atoms in total. The molecular formula is C25H38N4O7. The Balaban J connectivity index is 1.65. The average Bonchev–Trinajstić information content (AvgIpc) is 3.32. The highest BCUT2D eigenvalue weighted by molar-refractivity contribution is 5.95. The predicted octanol–water partition coefficient (Wildman–Crippen LogP) is 0.761. The zero-order valence-electron chi connectivity index (χ0n) is 21.5. The molecule has 1 heterocycles. The van der Waals surface area contributed by atoms with Crippen molar-refractivity contribution in [2.45, 2.75) is 45.7 Å². The fourth-order valence-corrected chi connectivity index (χ4v) is 3.80. The van der Waals surface area contributed by atoms with Crippen LogP contribution in [0.1, 0.15) is 44.0 Å². The van der Waals surface area contributed by atoms with Crippen molar-refractivity contribution in [2.75, 3.05) is 52.4 Å². The molecule has 0 aromatic heterocycles. The second kappa shape index (κ2) is 13.8. The Morgan fingerprint density at radius 1 is 1.19 bits per heavy atom. The molecule has 4 N–H and O–H groups in total. The van der Waals surface area contributed by atoms with Crippen LogP contribution in [0.2, 0.25) is 0 Å². The Labute approximate surface area is 212 Å². The number of anilines is 1. The molecule has 11 heteroatoms. The Bertz CT molecular complexity index is 916. The average molecular weight is 507 g/mol. The van der Waals surface area contributed by atoms with E-state index in [1.807, 2.05) is 20.8 Å². The third-order valence-electron chi connectivity index (χ3n) is 5.79. The van der Waals surface area contributed by atoms with Crippen molar-refractivity contribution in [1.82, 2.24) is 15.5 Å². The summed E-state index contributed by atoms with van der Waals surface area (Å²) < 4.78 is 15.9. The fourth-order valence-electron chi connectivity index (χ4n) is 3.80. The van der Waals surface area contributed by atoms with Gasteiger partial charge in [0, 0.05) is 18.7 Å². The van der Waals surface area contributed by atoms with Crippen LogP contribution in [-0.2, 0) is 23.9 Å². The summed E-state index contributed by atoms with van der Waals surface area (Å²) in [4.78, 5) is 50.4. The number of carbonyl (C=O) groups excluding carboxylic acids is 4. The maximum atomic E-state index is 13.0. The number of methoxy groups -OCH3 is 1. The standard InChI is InChI=1S/C25H38N4O7/c1-25(2,3)22(24(33)29-10-5-6-18(29)15-30)28-21(31)16-36-13-12-35-11-9-27-23(32)17-7-8-19(26)20(14-17)34-4/h7-8,14-15,18,22H,5-6,9-13,16,26H2,1-4H3,(H,27,32)(H,28,31)/t18-,22?/m0/s1. The second-order valence-electron chi connectivity index (χ2n) is 9.62. The van der Waals surface area contributed by atoms with Gasteiger partial charge in [-0.15, -0.1) is 0 Å². The molecule has 36 heavy (non-hydrogen) atoms. The molecule has 1 aromatic carbocycles. The number of carbonyl (C=O) groups is 4. The Kier molecular flexibility index (Phi) is 11.1. The van der Waals surface area contributed by atoms with E-state index in [-0.39, 0.29) is 38.2 Å². The molecule has 1 unspecified atom stereocenters. The predicted molar refractivity (Wildman–Crippen MR) is 134 cm³/mol. The fraction of sp³-hybridized carbons (Fsp3) is 0.600. The molecular weight excluding hydrogens is 468 g/mol. The van der Waals surface area contributed by atoms with Crippen molar-refractivity contribution in [3.63, 3.8) is 0 Å². The van der Waals surface area contributed by atoms with Crippen LogP contribution in [0.4, 0.5) is 5.69 Å². The topological polar surface area (TPSA) is 149 Å². The first-order valence-electron chi connectivity index (χ1n) is 12.0. The van der Waals surface area contributed by atoms with Gasteiger partial charge in [0.15, 0.2) is 0 Å². The molecule has 0 radical (unpaired) electrons. The van der Waals surface area contributed by atoms with E-state index in [2.05, 4.69) is 10.6 Å². The summed E-state index contributed by atoms with van der Waals surface area (Å²) in [6.07, 6.45) is 2.20. The van der Waals surface area contributed by atoms with Crippen LogP contribution in [0, 0.1) is 5.41 Å². The van der Waals surface area contributed by atoms with Crippen LogP contribution in [0.5, 0.6) is 5.75 Å². The molecule has 200 valence electrons. The first-order chi connectivity index (χ1) is 17.1. The maximum absolute atomic E-state index is 13.0. The smallest absolute Gasteiger partial charge is 0.251 e. The molecule has 0 saturated carbocycles.